The Labute approximate surface area is 143 Å². The van der Waals surface area contributed by atoms with Gasteiger partial charge < -0.3 is 9.47 Å². The van der Waals surface area contributed by atoms with Gasteiger partial charge in [-0.15, -0.1) is 11.8 Å². The van der Waals surface area contributed by atoms with Crippen molar-refractivity contribution in [2.75, 3.05) is 20.5 Å². The van der Waals surface area contributed by atoms with Gasteiger partial charge in [0.05, 0.1) is 14.2 Å². The third-order valence-corrected chi connectivity index (χ3v) is 4.51. The Morgan fingerprint density at radius 3 is 2.22 bits per heavy atom. The van der Waals surface area contributed by atoms with Crippen LogP contribution < -0.4 is 9.47 Å². The highest BCUT2D eigenvalue weighted by Crippen LogP contribution is 2.33. The molecule has 0 saturated heterocycles. The molecule has 0 aromatic heterocycles. The third-order valence-electron chi connectivity index (χ3n) is 3.73. The molecule has 0 bridgehead atoms. The zero-order valence-electron chi connectivity index (χ0n) is 14.3. The van der Waals surface area contributed by atoms with E-state index in [4.69, 9.17) is 9.47 Å². The molecule has 0 fully saturated rings. The maximum absolute atomic E-state index is 5.35. The number of allylic oxidation sites excluding steroid dienone is 1. The Morgan fingerprint density at radius 2 is 1.65 bits per heavy atom. The van der Waals surface area contributed by atoms with Gasteiger partial charge in [-0.3, -0.25) is 0 Å². The minimum atomic E-state index is 0.883. The van der Waals surface area contributed by atoms with Crippen molar-refractivity contribution in [2.24, 2.45) is 0 Å². The molecule has 0 radical (unpaired) electrons. The van der Waals surface area contributed by atoms with Crippen LogP contribution in [0.1, 0.15) is 30.9 Å². The Morgan fingerprint density at radius 1 is 1.00 bits per heavy atom. The monoisotopic (exact) mass is 328 g/mol. The predicted molar refractivity (Wildman–Crippen MR) is 101 cm³/mol. The van der Waals surface area contributed by atoms with E-state index in [1.165, 1.54) is 21.6 Å². The largest absolute Gasteiger partial charge is 0.497 e. The highest BCUT2D eigenvalue weighted by molar-refractivity contribution is 7.98. The molecule has 2 nitrogen and oxygen atoms in total. The fourth-order valence-electron chi connectivity index (χ4n) is 2.52. The average Bonchev–Trinajstić information content (AvgIpc) is 2.61. The van der Waals surface area contributed by atoms with Crippen LogP contribution in [0.5, 0.6) is 11.5 Å². The molecule has 2 aromatic carbocycles. The van der Waals surface area contributed by atoms with E-state index in [9.17, 15) is 0 Å². The summed E-state index contributed by atoms with van der Waals surface area (Å²) in [5, 5.41) is 0. The van der Waals surface area contributed by atoms with Gasteiger partial charge in [0.25, 0.3) is 0 Å². The molecular formula is C20H24O2S. The van der Waals surface area contributed by atoms with Crippen molar-refractivity contribution >= 4 is 23.4 Å². The van der Waals surface area contributed by atoms with E-state index >= 15 is 0 Å². The van der Waals surface area contributed by atoms with Crippen LogP contribution >= 0.6 is 11.8 Å². The van der Waals surface area contributed by atoms with Crippen LogP contribution in [-0.4, -0.2) is 20.5 Å². The number of thioether (sulfide) groups is 1. The predicted octanol–water partition coefficient (Wildman–Crippen LogP) is 5.77. The number of ether oxygens (including phenoxy) is 2. The number of hydrogen-bond donors (Lipinski definition) is 0. The molecule has 0 atom stereocenters. The fourth-order valence-corrected chi connectivity index (χ4v) is 3.17. The lowest BCUT2D eigenvalue weighted by molar-refractivity contribution is 0.413. The molecule has 0 spiro atoms. The molecule has 122 valence electrons. The van der Waals surface area contributed by atoms with Gasteiger partial charge in [-0.1, -0.05) is 31.6 Å². The number of rotatable bonds is 7. The smallest absolute Gasteiger partial charge is 0.120 e. The van der Waals surface area contributed by atoms with Crippen LogP contribution in [0.25, 0.3) is 11.6 Å². The molecule has 2 rings (SSSR count). The first-order chi connectivity index (χ1) is 11.2. The van der Waals surface area contributed by atoms with E-state index in [0.29, 0.717) is 0 Å². The van der Waals surface area contributed by atoms with E-state index in [2.05, 4.69) is 43.5 Å². The first kappa shape index (κ1) is 17.5. The minimum absolute atomic E-state index is 0.883. The standard InChI is InChI=1S/C20H24O2S/c1-5-6-16(13-15-7-9-17(21-2)10-8-15)19-12-11-18(22-3)14-20(19)23-4/h7-14H,5-6H2,1-4H3. The van der Waals surface area contributed by atoms with Gasteiger partial charge in [-0.05, 0) is 59.7 Å². The van der Waals surface area contributed by atoms with Crippen LogP contribution in [0.15, 0.2) is 47.4 Å². The van der Waals surface area contributed by atoms with E-state index in [0.717, 1.165) is 24.3 Å². The fraction of sp³-hybridized carbons (Fsp3) is 0.300. The van der Waals surface area contributed by atoms with Crippen molar-refractivity contribution in [3.8, 4) is 11.5 Å². The molecule has 3 heteroatoms. The Bertz CT molecular complexity index is 660. The Balaban J connectivity index is 2.42. The maximum atomic E-state index is 5.35. The van der Waals surface area contributed by atoms with E-state index < -0.39 is 0 Å². The van der Waals surface area contributed by atoms with Gasteiger partial charge in [0.15, 0.2) is 0 Å². The second kappa shape index (κ2) is 8.68. The topological polar surface area (TPSA) is 18.5 Å². The summed E-state index contributed by atoms with van der Waals surface area (Å²) >= 11 is 1.75. The van der Waals surface area contributed by atoms with Crippen LogP contribution in [0.3, 0.4) is 0 Å². The molecule has 0 amide bonds. The third kappa shape index (κ3) is 4.55. The minimum Gasteiger partial charge on any atom is -0.497 e. The average molecular weight is 328 g/mol. The lowest BCUT2D eigenvalue weighted by atomic mass is 9.98. The zero-order valence-corrected chi connectivity index (χ0v) is 15.1. The van der Waals surface area contributed by atoms with Gasteiger partial charge in [-0.2, -0.15) is 0 Å². The maximum Gasteiger partial charge on any atom is 0.120 e. The highest BCUT2D eigenvalue weighted by atomic mass is 32.2. The zero-order chi connectivity index (χ0) is 16.7. The molecule has 0 saturated carbocycles. The summed E-state index contributed by atoms with van der Waals surface area (Å²) < 4.78 is 10.6. The second-order valence-corrected chi connectivity index (χ2v) is 6.11. The first-order valence-corrected chi connectivity index (χ1v) is 9.01. The molecule has 0 unspecified atom stereocenters. The molecule has 0 heterocycles. The molecule has 2 aromatic rings. The quantitative estimate of drug-likeness (QED) is 0.475. The molecule has 0 aliphatic carbocycles. The van der Waals surface area contributed by atoms with Crippen molar-refractivity contribution < 1.29 is 9.47 Å². The molecular weight excluding hydrogens is 304 g/mol. The molecule has 0 N–H and O–H groups in total. The second-order valence-electron chi connectivity index (χ2n) is 5.26. The van der Waals surface area contributed by atoms with Gasteiger partial charge in [0.2, 0.25) is 0 Å². The first-order valence-electron chi connectivity index (χ1n) is 7.78. The molecule has 0 aliphatic heterocycles. The van der Waals surface area contributed by atoms with Crippen LogP contribution in [0.2, 0.25) is 0 Å². The van der Waals surface area contributed by atoms with E-state index in [-0.39, 0.29) is 0 Å². The normalized spacial score (nSPS) is 11.4. The van der Waals surface area contributed by atoms with Crippen molar-refractivity contribution in [2.45, 2.75) is 24.7 Å². The lowest BCUT2D eigenvalue weighted by Gasteiger charge is -2.13. The summed E-state index contributed by atoms with van der Waals surface area (Å²) in [4.78, 5) is 1.25. The summed E-state index contributed by atoms with van der Waals surface area (Å²) in [6.45, 7) is 2.21. The van der Waals surface area contributed by atoms with Crippen molar-refractivity contribution in [1.82, 2.24) is 0 Å². The summed E-state index contributed by atoms with van der Waals surface area (Å²) in [6.07, 6.45) is 6.54. The SMILES string of the molecule is CCCC(=Cc1ccc(OC)cc1)c1ccc(OC)cc1SC. The van der Waals surface area contributed by atoms with Crippen LogP contribution in [0, 0.1) is 0 Å². The summed E-state index contributed by atoms with van der Waals surface area (Å²) in [5.41, 5.74) is 3.83. The van der Waals surface area contributed by atoms with E-state index in [1.54, 1.807) is 26.0 Å². The van der Waals surface area contributed by atoms with Crippen LogP contribution in [-0.2, 0) is 0 Å². The molecule has 0 aliphatic rings. The van der Waals surface area contributed by atoms with Crippen molar-refractivity contribution in [3.63, 3.8) is 0 Å². The summed E-state index contributed by atoms with van der Waals surface area (Å²) in [7, 11) is 3.40. The summed E-state index contributed by atoms with van der Waals surface area (Å²) in [5.74, 6) is 1.78. The number of hydrogen-bond acceptors (Lipinski definition) is 3. The Kier molecular flexibility index (Phi) is 6.60. The van der Waals surface area contributed by atoms with Crippen molar-refractivity contribution in [1.29, 1.82) is 0 Å². The summed E-state index contributed by atoms with van der Waals surface area (Å²) in [6, 6.07) is 14.5. The Hall–Kier alpha value is -1.87. The number of methoxy groups -OCH3 is 2. The van der Waals surface area contributed by atoms with Crippen LogP contribution in [0.4, 0.5) is 0 Å². The highest BCUT2D eigenvalue weighted by Gasteiger charge is 2.09. The van der Waals surface area contributed by atoms with Gasteiger partial charge in [0, 0.05) is 4.90 Å². The van der Waals surface area contributed by atoms with Gasteiger partial charge in [0.1, 0.15) is 11.5 Å². The number of benzene rings is 2. The van der Waals surface area contributed by atoms with E-state index in [1.807, 2.05) is 18.2 Å². The lowest BCUT2D eigenvalue weighted by Crippen LogP contribution is -1.91. The molecule has 23 heavy (non-hydrogen) atoms. The van der Waals surface area contributed by atoms with Gasteiger partial charge >= 0.3 is 0 Å². The van der Waals surface area contributed by atoms with Crippen molar-refractivity contribution in [3.05, 3.63) is 53.6 Å². The van der Waals surface area contributed by atoms with Gasteiger partial charge in [-0.25, -0.2) is 0 Å².